The van der Waals surface area contributed by atoms with Crippen molar-refractivity contribution in [3.63, 3.8) is 0 Å². The lowest BCUT2D eigenvalue weighted by atomic mass is 10.00. The van der Waals surface area contributed by atoms with Gasteiger partial charge in [0.2, 0.25) is 0 Å². The van der Waals surface area contributed by atoms with E-state index in [1.54, 1.807) is 0 Å². The van der Waals surface area contributed by atoms with E-state index in [0.29, 0.717) is 6.04 Å². The summed E-state index contributed by atoms with van der Waals surface area (Å²) in [5.74, 6) is 2.11. The zero-order valence-corrected chi connectivity index (χ0v) is 8.78. The molecule has 0 aromatic rings. The van der Waals surface area contributed by atoms with Crippen LogP contribution >= 0.6 is 11.8 Å². The summed E-state index contributed by atoms with van der Waals surface area (Å²) in [6.45, 7) is 4.97. The number of rotatable bonds is 3. The first-order valence-electron chi connectivity index (χ1n) is 4.66. The van der Waals surface area contributed by atoms with E-state index < -0.39 is 5.60 Å². The lowest BCUT2D eigenvalue weighted by Crippen LogP contribution is -2.46. The lowest BCUT2D eigenvalue weighted by molar-refractivity contribution is 0.0506. The zero-order chi connectivity index (χ0) is 9.03. The molecular weight excluding hydrogens is 170 g/mol. The quantitative estimate of drug-likeness (QED) is 0.700. The standard InChI is InChI=1S/C9H19NOS/c1-8(2)10-6-9(11)4-3-5-12-7-9/h8,10-11H,3-7H2,1-2H3. The van der Waals surface area contributed by atoms with Crippen LogP contribution in [-0.4, -0.2) is 34.8 Å². The van der Waals surface area contributed by atoms with Crippen molar-refractivity contribution in [1.29, 1.82) is 0 Å². The second kappa shape index (κ2) is 4.49. The molecule has 0 amide bonds. The highest BCUT2D eigenvalue weighted by Crippen LogP contribution is 2.25. The van der Waals surface area contributed by atoms with Crippen molar-refractivity contribution in [2.75, 3.05) is 18.1 Å². The highest BCUT2D eigenvalue weighted by Gasteiger charge is 2.29. The predicted molar refractivity (Wildman–Crippen MR) is 54.6 cm³/mol. The predicted octanol–water partition coefficient (Wildman–Crippen LogP) is 1.24. The van der Waals surface area contributed by atoms with Gasteiger partial charge in [-0.05, 0) is 18.6 Å². The normalized spacial score (nSPS) is 31.0. The van der Waals surface area contributed by atoms with Gasteiger partial charge in [0.25, 0.3) is 0 Å². The van der Waals surface area contributed by atoms with E-state index in [2.05, 4.69) is 19.2 Å². The molecule has 0 aliphatic carbocycles. The molecule has 1 fully saturated rings. The van der Waals surface area contributed by atoms with Gasteiger partial charge >= 0.3 is 0 Å². The Kier molecular flexibility index (Phi) is 3.87. The molecule has 0 aromatic heterocycles. The largest absolute Gasteiger partial charge is 0.388 e. The summed E-state index contributed by atoms with van der Waals surface area (Å²) in [7, 11) is 0. The van der Waals surface area contributed by atoms with Crippen molar-refractivity contribution in [2.24, 2.45) is 0 Å². The number of thioether (sulfide) groups is 1. The van der Waals surface area contributed by atoms with Gasteiger partial charge in [-0.2, -0.15) is 11.8 Å². The van der Waals surface area contributed by atoms with Gasteiger partial charge in [-0.3, -0.25) is 0 Å². The number of hydrogen-bond donors (Lipinski definition) is 2. The van der Waals surface area contributed by atoms with Gasteiger partial charge in [0, 0.05) is 18.3 Å². The Bertz CT molecular complexity index is 132. The second-order valence-corrected chi connectivity index (χ2v) is 5.02. The summed E-state index contributed by atoms with van der Waals surface area (Å²) in [6, 6.07) is 0.473. The summed E-state index contributed by atoms with van der Waals surface area (Å²) in [6.07, 6.45) is 2.11. The van der Waals surface area contributed by atoms with E-state index in [4.69, 9.17) is 0 Å². The van der Waals surface area contributed by atoms with E-state index in [1.807, 2.05) is 11.8 Å². The van der Waals surface area contributed by atoms with E-state index in [9.17, 15) is 5.11 Å². The van der Waals surface area contributed by atoms with Crippen LogP contribution in [0.3, 0.4) is 0 Å². The van der Waals surface area contributed by atoms with Gasteiger partial charge in [-0.15, -0.1) is 0 Å². The molecule has 1 aliphatic heterocycles. The molecule has 3 heteroatoms. The monoisotopic (exact) mass is 189 g/mol. The first kappa shape index (κ1) is 10.4. The van der Waals surface area contributed by atoms with Crippen LogP contribution in [0.2, 0.25) is 0 Å². The van der Waals surface area contributed by atoms with Crippen LogP contribution in [0.15, 0.2) is 0 Å². The van der Waals surface area contributed by atoms with Crippen molar-refractivity contribution in [2.45, 2.75) is 38.3 Å². The highest BCUT2D eigenvalue weighted by atomic mass is 32.2. The van der Waals surface area contributed by atoms with Gasteiger partial charge in [-0.1, -0.05) is 13.8 Å². The molecule has 0 spiro atoms. The maximum atomic E-state index is 10.0. The molecule has 1 aliphatic rings. The average molecular weight is 189 g/mol. The summed E-state index contributed by atoms with van der Waals surface area (Å²) >= 11 is 1.86. The third-order valence-electron chi connectivity index (χ3n) is 2.14. The Morgan fingerprint density at radius 2 is 2.33 bits per heavy atom. The van der Waals surface area contributed by atoms with Crippen molar-refractivity contribution in [1.82, 2.24) is 5.32 Å². The Balaban J connectivity index is 2.26. The van der Waals surface area contributed by atoms with E-state index in [0.717, 1.165) is 25.1 Å². The molecule has 0 bridgehead atoms. The molecule has 0 saturated carbocycles. The summed E-state index contributed by atoms with van der Waals surface area (Å²) < 4.78 is 0. The third-order valence-corrected chi connectivity index (χ3v) is 3.46. The molecule has 1 unspecified atom stereocenters. The first-order valence-corrected chi connectivity index (χ1v) is 5.81. The summed E-state index contributed by atoms with van der Waals surface area (Å²) in [4.78, 5) is 0. The van der Waals surface area contributed by atoms with Crippen molar-refractivity contribution in [3.8, 4) is 0 Å². The number of nitrogens with one attached hydrogen (secondary N) is 1. The minimum atomic E-state index is -0.437. The van der Waals surface area contributed by atoms with Crippen LogP contribution in [0.4, 0.5) is 0 Å². The smallest absolute Gasteiger partial charge is 0.0861 e. The van der Waals surface area contributed by atoms with Gasteiger partial charge in [0.15, 0.2) is 0 Å². The topological polar surface area (TPSA) is 32.3 Å². The molecule has 0 aromatic carbocycles. The fourth-order valence-electron chi connectivity index (χ4n) is 1.37. The van der Waals surface area contributed by atoms with Gasteiger partial charge in [0.1, 0.15) is 0 Å². The molecule has 2 N–H and O–H groups in total. The minimum Gasteiger partial charge on any atom is -0.388 e. The molecule has 1 saturated heterocycles. The van der Waals surface area contributed by atoms with Crippen LogP contribution < -0.4 is 5.32 Å². The van der Waals surface area contributed by atoms with Crippen LogP contribution in [0.1, 0.15) is 26.7 Å². The Morgan fingerprint density at radius 3 is 2.83 bits per heavy atom. The van der Waals surface area contributed by atoms with E-state index >= 15 is 0 Å². The van der Waals surface area contributed by atoms with Gasteiger partial charge in [-0.25, -0.2) is 0 Å². The van der Waals surface area contributed by atoms with Crippen LogP contribution in [0.5, 0.6) is 0 Å². The van der Waals surface area contributed by atoms with Crippen LogP contribution in [-0.2, 0) is 0 Å². The molecule has 72 valence electrons. The second-order valence-electron chi connectivity index (χ2n) is 3.92. The Hall–Kier alpha value is 0.270. The Morgan fingerprint density at radius 1 is 1.58 bits per heavy atom. The summed E-state index contributed by atoms with van der Waals surface area (Å²) in [5, 5.41) is 13.3. The molecule has 0 radical (unpaired) electrons. The molecular formula is C9H19NOS. The molecule has 12 heavy (non-hydrogen) atoms. The first-order chi connectivity index (χ1) is 5.62. The van der Waals surface area contributed by atoms with Crippen LogP contribution in [0, 0.1) is 0 Å². The fourth-order valence-corrected chi connectivity index (χ4v) is 2.49. The van der Waals surface area contributed by atoms with Crippen molar-refractivity contribution < 1.29 is 5.11 Å². The number of hydrogen-bond acceptors (Lipinski definition) is 3. The molecule has 1 rings (SSSR count). The third kappa shape index (κ3) is 3.33. The lowest BCUT2D eigenvalue weighted by Gasteiger charge is -2.32. The molecule has 1 heterocycles. The average Bonchev–Trinajstić information content (AvgIpc) is 2.03. The minimum absolute atomic E-state index is 0.437. The zero-order valence-electron chi connectivity index (χ0n) is 7.97. The summed E-state index contributed by atoms with van der Waals surface area (Å²) in [5.41, 5.74) is -0.437. The SMILES string of the molecule is CC(C)NCC1(O)CCCSC1. The van der Waals surface area contributed by atoms with Crippen molar-refractivity contribution in [3.05, 3.63) is 0 Å². The van der Waals surface area contributed by atoms with E-state index in [-0.39, 0.29) is 0 Å². The van der Waals surface area contributed by atoms with Gasteiger partial charge in [0.05, 0.1) is 5.60 Å². The molecule has 2 nitrogen and oxygen atoms in total. The highest BCUT2D eigenvalue weighted by molar-refractivity contribution is 7.99. The maximum Gasteiger partial charge on any atom is 0.0861 e. The Labute approximate surface area is 79.1 Å². The van der Waals surface area contributed by atoms with Gasteiger partial charge < -0.3 is 10.4 Å². The van der Waals surface area contributed by atoms with Crippen LogP contribution in [0.25, 0.3) is 0 Å². The van der Waals surface area contributed by atoms with E-state index in [1.165, 1.54) is 5.75 Å². The maximum absolute atomic E-state index is 10.0. The number of aliphatic hydroxyl groups is 1. The van der Waals surface area contributed by atoms with Crippen molar-refractivity contribution >= 4 is 11.8 Å². The molecule has 1 atom stereocenters. The fraction of sp³-hybridized carbons (Fsp3) is 1.00.